The molecule has 3 heteroatoms. The molecule has 15 heavy (non-hydrogen) atoms. The second-order valence-corrected chi connectivity index (χ2v) is 3.64. The van der Waals surface area contributed by atoms with Gasteiger partial charge in [-0.3, -0.25) is 0 Å². The van der Waals surface area contributed by atoms with Crippen molar-refractivity contribution in [1.29, 1.82) is 0 Å². The quantitative estimate of drug-likeness (QED) is 0.768. The zero-order valence-electron chi connectivity index (χ0n) is 9.03. The number of rotatable bonds is 3. The van der Waals surface area contributed by atoms with Gasteiger partial charge in [0, 0.05) is 12.0 Å². The monoisotopic (exact) mass is 202 g/mol. The third-order valence-corrected chi connectivity index (χ3v) is 2.21. The van der Waals surface area contributed by atoms with Crippen molar-refractivity contribution in [2.75, 3.05) is 0 Å². The van der Waals surface area contributed by atoms with E-state index in [0.29, 0.717) is 5.89 Å². The lowest BCUT2D eigenvalue weighted by Gasteiger charge is -1.94. The third-order valence-electron chi connectivity index (χ3n) is 2.21. The summed E-state index contributed by atoms with van der Waals surface area (Å²) in [6.07, 6.45) is 1.90. The predicted octanol–water partition coefficient (Wildman–Crippen LogP) is 3.00. The van der Waals surface area contributed by atoms with E-state index in [1.807, 2.05) is 31.2 Å². The minimum atomic E-state index is 0.613. The van der Waals surface area contributed by atoms with E-state index < -0.39 is 0 Å². The maximum absolute atomic E-state index is 5.20. The van der Waals surface area contributed by atoms with Gasteiger partial charge in [-0.05, 0) is 25.5 Å². The minimum Gasteiger partial charge on any atom is -0.334 e. The molecule has 0 bridgehead atoms. The van der Waals surface area contributed by atoms with Crippen LogP contribution in [0.5, 0.6) is 0 Å². The molecule has 3 nitrogen and oxygen atoms in total. The van der Waals surface area contributed by atoms with Crippen LogP contribution in [0.3, 0.4) is 0 Å². The number of nitrogens with zero attached hydrogens (tertiary/aromatic N) is 2. The molecular formula is C12H14N2O. The summed E-state index contributed by atoms with van der Waals surface area (Å²) in [7, 11) is 0. The number of hydrogen-bond donors (Lipinski definition) is 0. The molecule has 0 unspecified atom stereocenters. The number of hydrogen-bond acceptors (Lipinski definition) is 3. The zero-order valence-corrected chi connectivity index (χ0v) is 9.03. The van der Waals surface area contributed by atoms with Crippen LogP contribution in [0.1, 0.15) is 24.7 Å². The Bertz CT molecular complexity index is 448. The van der Waals surface area contributed by atoms with Crippen molar-refractivity contribution in [2.24, 2.45) is 0 Å². The molecule has 0 aliphatic rings. The SMILES string of the molecule is CCCc1noc(-c2cccc(C)c2)n1. The minimum absolute atomic E-state index is 0.613. The highest BCUT2D eigenvalue weighted by Crippen LogP contribution is 2.18. The summed E-state index contributed by atoms with van der Waals surface area (Å²) in [6.45, 7) is 4.15. The van der Waals surface area contributed by atoms with E-state index >= 15 is 0 Å². The summed E-state index contributed by atoms with van der Waals surface area (Å²) in [5.41, 5.74) is 2.19. The molecule has 0 fully saturated rings. The second kappa shape index (κ2) is 4.26. The van der Waals surface area contributed by atoms with Gasteiger partial charge in [0.15, 0.2) is 5.82 Å². The zero-order chi connectivity index (χ0) is 10.7. The van der Waals surface area contributed by atoms with Gasteiger partial charge in [0.05, 0.1) is 0 Å². The maximum atomic E-state index is 5.20. The van der Waals surface area contributed by atoms with Gasteiger partial charge in [-0.25, -0.2) is 0 Å². The largest absolute Gasteiger partial charge is 0.334 e. The van der Waals surface area contributed by atoms with Crippen molar-refractivity contribution in [3.05, 3.63) is 35.7 Å². The molecule has 1 aromatic heterocycles. The van der Waals surface area contributed by atoms with Gasteiger partial charge < -0.3 is 4.52 Å². The summed E-state index contributed by atoms with van der Waals surface area (Å²) >= 11 is 0. The average molecular weight is 202 g/mol. The van der Waals surface area contributed by atoms with Crippen LogP contribution < -0.4 is 0 Å². The Kier molecular flexibility index (Phi) is 2.81. The molecular weight excluding hydrogens is 188 g/mol. The fourth-order valence-electron chi connectivity index (χ4n) is 1.47. The fourth-order valence-corrected chi connectivity index (χ4v) is 1.47. The molecule has 2 aromatic rings. The molecule has 0 aliphatic heterocycles. The molecule has 2 rings (SSSR count). The molecule has 0 aliphatic carbocycles. The maximum Gasteiger partial charge on any atom is 0.257 e. The predicted molar refractivity (Wildman–Crippen MR) is 58.5 cm³/mol. The Hall–Kier alpha value is -1.64. The van der Waals surface area contributed by atoms with Gasteiger partial charge in [-0.1, -0.05) is 29.8 Å². The number of aryl methyl sites for hydroxylation is 2. The van der Waals surface area contributed by atoms with Crippen LogP contribution >= 0.6 is 0 Å². The van der Waals surface area contributed by atoms with Gasteiger partial charge >= 0.3 is 0 Å². The van der Waals surface area contributed by atoms with Crippen molar-refractivity contribution < 1.29 is 4.52 Å². The summed E-state index contributed by atoms with van der Waals surface area (Å²) in [6, 6.07) is 8.07. The first kappa shape index (κ1) is 9.90. The molecule has 0 radical (unpaired) electrons. The Morgan fingerprint density at radius 3 is 2.93 bits per heavy atom. The molecule has 78 valence electrons. The summed E-state index contributed by atoms with van der Waals surface area (Å²) < 4.78 is 5.20. The van der Waals surface area contributed by atoms with Crippen molar-refractivity contribution in [1.82, 2.24) is 10.1 Å². The van der Waals surface area contributed by atoms with Gasteiger partial charge in [-0.2, -0.15) is 4.98 Å². The Morgan fingerprint density at radius 1 is 1.33 bits per heavy atom. The summed E-state index contributed by atoms with van der Waals surface area (Å²) in [5.74, 6) is 1.40. The van der Waals surface area contributed by atoms with Crippen LogP contribution in [0.15, 0.2) is 28.8 Å². The van der Waals surface area contributed by atoms with E-state index in [4.69, 9.17) is 4.52 Å². The normalized spacial score (nSPS) is 10.5. The molecule has 0 amide bonds. The standard InChI is InChI=1S/C12H14N2O/c1-3-5-11-13-12(15-14-11)10-7-4-6-9(2)8-10/h4,6-8H,3,5H2,1-2H3. The first-order chi connectivity index (χ1) is 7.29. The lowest BCUT2D eigenvalue weighted by atomic mass is 10.1. The average Bonchev–Trinajstić information content (AvgIpc) is 2.67. The van der Waals surface area contributed by atoms with E-state index in [0.717, 1.165) is 24.2 Å². The topological polar surface area (TPSA) is 38.9 Å². The second-order valence-electron chi connectivity index (χ2n) is 3.64. The Morgan fingerprint density at radius 2 is 2.20 bits per heavy atom. The Balaban J connectivity index is 2.29. The van der Waals surface area contributed by atoms with Crippen LogP contribution in [0.4, 0.5) is 0 Å². The molecule has 0 saturated heterocycles. The molecule has 0 atom stereocenters. The van der Waals surface area contributed by atoms with Crippen molar-refractivity contribution in [2.45, 2.75) is 26.7 Å². The van der Waals surface area contributed by atoms with E-state index in [9.17, 15) is 0 Å². The van der Waals surface area contributed by atoms with Crippen LogP contribution in [0.25, 0.3) is 11.5 Å². The highest BCUT2D eigenvalue weighted by atomic mass is 16.5. The van der Waals surface area contributed by atoms with Gasteiger partial charge in [0.1, 0.15) is 0 Å². The smallest absolute Gasteiger partial charge is 0.257 e. The molecule has 0 spiro atoms. The first-order valence-corrected chi connectivity index (χ1v) is 5.19. The lowest BCUT2D eigenvalue weighted by Crippen LogP contribution is -1.85. The fraction of sp³-hybridized carbons (Fsp3) is 0.333. The van der Waals surface area contributed by atoms with Crippen LogP contribution in [0, 0.1) is 6.92 Å². The van der Waals surface area contributed by atoms with Gasteiger partial charge in [0.2, 0.25) is 0 Å². The summed E-state index contributed by atoms with van der Waals surface area (Å²) in [5, 5.41) is 3.93. The molecule has 1 aromatic carbocycles. The molecule has 1 heterocycles. The molecule has 0 saturated carbocycles. The van der Waals surface area contributed by atoms with Gasteiger partial charge in [-0.15, -0.1) is 0 Å². The Labute approximate surface area is 89.1 Å². The van der Waals surface area contributed by atoms with Crippen LogP contribution in [0.2, 0.25) is 0 Å². The van der Waals surface area contributed by atoms with Crippen molar-refractivity contribution >= 4 is 0 Å². The molecule has 0 N–H and O–H groups in total. The van der Waals surface area contributed by atoms with E-state index in [2.05, 4.69) is 17.1 Å². The summed E-state index contributed by atoms with van der Waals surface area (Å²) in [4.78, 5) is 4.33. The van der Waals surface area contributed by atoms with Crippen molar-refractivity contribution in [3.63, 3.8) is 0 Å². The highest BCUT2D eigenvalue weighted by molar-refractivity contribution is 5.53. The first-order valence-electron chi connectivity index (χ1n) is 5.19. The van der Waals surface area contributed by atoms with E-state index in [1.54, 1.807) is 0 Å². The van der Waals surface area contributed by atoms with E-state index in [1.165, 1.54) is 5.56 Å². The third kappa shape index (κ3) is 2.24. The van der Waals surface area contributed by atoms with E-state index in [-0.39, 0.29) is 0 Å². The van der Waals surface area contributed by atoms with Crippen LogP contribution in [-0.2, 0) is 6.42 Å². The number of aromatic nitrogens is 2. The van der Waals surface area contributed by atoms with Crippen molar-refractivity contribution in [3.8, 4) is 11.5 Å². The lowest BCUT2D eigenvalue weighted by molar-refractivity contribution is 0.422. The highest BCUT2D eigenvalue weighted by Gasteiger charge is 2.07. The number of benzene rings is 1. The van der Waals surface area contributed by atoms with Gasteiger partial charge in [0.25, 0.3) is 5.89 Å². The van der Waals surface area contributed by atoms with Crippen LogP contribution in [-0.4, -0.2) is 10.1 Å².